The number of nitrogen functional groups attached to an aromatic ring is 2. The topological polar surface area (TPSA) is 173 Å². The molecule has 3 amide bonds. The fourth-order valence-corrected chi connectivity index (χ4v) is 5.32. The lowest BCUT2D eigenvalue weighted by Crippen LogP contribution is -2.57. The zero-order valence-electron chi connectivity index (χ0n) is 22.4. The van der Waals surface area contributed by atoms with Crippen LogP contribution in [0.5, 0.6) is 5.75 Å². The minimum absolute atomic E-state index is 0.0103. The lowest BCUT2D eigenvalue weighted by atomic mass is 9.88. The Bertz CT molecular complexity index is 1440. The first-order valence-electron chi connectivity index (χ1n) is 13.2. The van der Waals surface area contributed by atoms with Crippen molar-refractivity contribution in [3.63, 3.8) is 0 Å². The molecule has 3 heterocycles. The molecule has 7 N–H and O–H groups in total. The van der Waals surface area contributed by atoms with Crippen LogP contribution in [0.15, 0.2) is 59.6 Å². The number of nitrogens with one attached hydrogen (secondary N) is 3. The van der Waals surface area contributed by atoms with Crippen molar-refractivity contribution < 1.29 is 14.3 Å². The van der Waals surface area contributed by atoms with Crippen molar-refractivity contribution in [2.75, 3.05) is 31.1 Å². The molecule has 12 nitrogen and oxygen atoms in total. The maximum absolute atomic E-state index is 12.9. The van der Waals surface area contributed by atoms with Crippen LogP contribution in [-0.4, -0.2) is 57.9 Å². The van der Waals surface area contributed by atoms with Crippen molar-refractivity contribution in [3.05, 3.63) is 77.1 Å². The molecule has 1 aromatic heterocycles. The van der Waals surface area contributed by atoms with E-state index in [4.69, 9.17) is 16.2 Å². The number of rotatable bonds is 7. The van der Waals surface area contributed by atoms with E-state index in [-0.39, 0.29) is 28.9 Å². The van der Waals surface area contributed by atoms with E-state index in [2.05, 4.69) is 53.5 Å². The van der Waals surface area contributed by atoms with E-state index in [1.54, 1.807) is 4.90 Å². The average molecular weight is 670 g/mol. The van der Waals surface area contributed by atoms with Gasteiger partial charge in [0.05, 0.1) is 17.8 Å². The Balaban J connectivity index is 1.07. The number of aromatic nitrogens is 2. The van der Waals surface area contributed by atoms with E-state index in [9.17, 15) is 9.59 Å². The molecular formula is C28H32IN9O3. The number of nitrogens with two attached hydrogens (primary N) is 2. The zero-order valence-corrected chi connectivity index (χ0v) is 24.6. The van der Waals surface area contributed by atoms with Crippen molar-refractivity contribution in [1.82, 2.24) is 30.8 Å². The number of ether oxygens (including phenoxy) is 1. The molecule has 1 spiro atoms. The highest BCUT2D eigenvalue weighted by Crippen LogP contribution is 2.26. The Morgan fingerprint density at radius 1 is 1.02 bits per heavy atom. The number of alkyl halides is 1. The number of carbonyl (C=O) groups excluding carboxylic acids is 2. The molecule has 1 fully saturated rings. The number of anilines is 2. The summed E-state index contributed by atoms with van der Waals surface area (Å²) in [6.45, 7) is 2.50. The predicted molar refractivity (Wildman–Crippen MR) is 164 cm³/mol. The van der Waals surface area contributed by atoms with Crippen molar-refractivity contribution in [1.29, 1.82) is 0 Å². The minimum atomic E-state index is -0.504. The maximum Gasteiger partial charge on any atom is 0.317 e. The molecule has 0 radical (unpaired) electrons. The standard InChI is InChI=1S/C28H32IN9O3/c29-14-21-23(30)35-24(31)22(34-21)25(39)36-26-33-17-28(37-26)9-11-38(12-10-28)27(40)32-15-19-7-4-8-20(13-19)41-16-18-5-2-1-3-6-18/h1-8,13H,9-12,14-17H2,(H,32,40)(H4,30,31,35)(H2,33,36,37,39). The SMILES string of the molecule is Nc1nc(N)c(C(=O)NC2=NCC3(CCN(C(=O)NCc4cccc(OCc5ccccc5)c4)CC3)N2)nc1CI. The van der Waals surface area contributed by atoms with Gasteiger partial charge in [-0.1, -0.05) is 65.1 Å². The summed E-state index contributed by atoms with van der Waals surface area (Å²) in [5.41, 5.74) is 13.9. The van der Waals surface area contributed by atoms with Crippen molar-refractivity contribution >= 4 is 52.1 Å². The normalized spacial score (nSPS) is 15.6. The second kappa shape index (κ2) is 12.6. The van der Waals surface area contributed by atoms with Crippen molar-refractivity contribution in [2.24, 2.45) is 4.99 Å². The van der Waals surface area contributed by atoms with Gasteiger partial charge in [0.15, 0.2) is 17.5 Å². The minimum Gasteiger partial charge on any atom is -0.489 e. The van der Waals surface area contributed by atoms with Crippen LogP contribution in [0.3, 0.4) is 0 Å². The van der Waals surface area contributed by atoms with Gasteiger partial charge >= 0.3 is 6.03 Å². The third-order valence-electron chi connectivity index (χ3n) is 7.12. The fourth-order valence-electron chi connectivity index (χ4n) is 4.76. The van der Waals surface area contributed by atoms with Gasteiger partial charge in [-0.25, -0.2) is 14.8 Å². The molecular weight excluding hydrogens is 637 g/mol. The molecule has 0 unspecified atom stereocenters. The molecule has 2 aliphatic rings. The number of halogens is 1. The zero-order chi connectivity index (χ0) is 28.8. The third kappa shape index (κ3) is 6.96. The molecule has 214 valence electrons. The van der Waals surface area contributed by atoms with E-state index in [0.717, 1.165) is 16.9 Å². The second-order valence-corrected chi connectivity index (χ2v) is 10.8. The second-order valence-electron chi connectivity index (χ2n) is 10.0. The van der Waals surface area contributed by atoms with Crippen LogP contribution in [0.4, 0.5) is 16.4 Å². The highest BCUT2D eigenvalue weighted by Gasteiger charge is 2.40. The number of nitrogens with zero attached hydrogens (tertiary/aromatic N) is 4. The van der Waals surface area contributed by atoms with E-state index < -0.39 is 5.91 Å². The lowest BCUT2D eigenvalue weighted by Gasteiger charge is -2.39. The Kier molecular flexibility index (Phi) is 8.71. The van der Waals surface area contributed by atoms with Crippen molar-refractivity contribution in [2.45, 2.75) is 36.0 Å². The summed E-state index contributed by atoms with van der Waals surface area (Å²) in [7, 11) is 0. The van der Waals surface area contributed by atoms with E-state index in [0.29, 0.717) is 61.7 Å². The first-order chi connectivity index (χ1) is 19.8. The molecule has 2 aliphatic heterocycles. The molecule has 0 atom stereocenters. The molecule has 41 heavy (non-hydrogen) atoms. The Labute approximate surface area is 251 Å². The van der Waals surface area contributed by atoms with Crippen LogP contribution in [0.2, 0.25) is 0 Å². The van der Waals surface area contributed by atoms with Gasteiger partial charge in [0.25, 0.3) is 5.91 Å². The molecule has 0 bridgehead atoms. The van der Waals surface area contributed by atoms with Crippen molar-refractivity contribution in [3.8, 4) is 5.75 Å². The van der Waals surface area contributed by atoms with Gasteiger partial charge in [-0.3, -0.25) is 15.1 Å². The summed E-state index contributed by atoms with van der Waals surface area (Å²) in [6.07, 6.45) is 1.38. The van der Waals surface area contributed by atoms with E-state index in [1.165, 1.54) is 0 Å². The highest BCUT2D eigenvalue weighted by molar-refractivity contribution is 14.1. The van der Waals surface area contributed by atoms with Gasteiger partial charge in [0.1, 0.15) is 18.2 Å². The number of hydrogen-bond acceptors (Lipinski definition) is 9. The number of amides is 3. The predicted octanol–water partition coefficient (Wildman–Crippen LogP) is 2.59. The molecule has 0 aliphatic carbocycles. The van der Waals surface area contributed by atoms with Gasteiger partial charge in [0, 0.05) is 24.1 Å². The van der Waals surface area contributed by atoms with Crippen LogP contribution in [-0.2, 0) is 17.6 Å². The molecule has 2 aromatic carbocycles. The van der Waals surface area contributed by atoms with Crippen LogP contribution in [0, 0.1) is 0 Å². The smallest absolute Gasteiger partial charge is 0.317 e. The van der Waals surface area contributed by atoms with Gasteiger partial charge in [-0.15, -0.1) is 0 Å². The van der Waals surface area contributed by atoms with Gasteiger partial charge < -0.3 is 31.7 Å². The number of likely N-dealkylation sites (tertiary alicyclic amines) is 1. The Hall–Kier alpha value is -4.14. The molecule has 0 saturated carbocycles. The van der Waals surface area contributed by atoms with Crippen LogP contribution >= 0.6 is 22.6 Å². The Morgan fingerprint density at radius 3 is 2.54 bits per heavy atom. The largest absolute Gasteiger partial charge is 0.489 e. The summed E-state index contributed by atoms with van der Waals surface area (Å²) in [6, 6.07) is 17.6. The molecule has 13 heteroatoms. The molecule has 1 saturated heterocycles. The quantitative estimate of drug-likeness (QED) is 0.189. The first kappa shape index (κ1) is 28.4. The van der Waals surface area contributed by atoms with Gasteiger partial charge in [0.2, 0.25) is 0 Å². The maximum atomic E-state index is 12.9. The number of hydrogen-bond donors (Lipinski definition) is 5. The number of aliphatic imine (C=N–C) groups is 1. The molecule has 5 rings (SSSR count). The van der Waals surface area contributed by atoms with E-state index >= 15 is 0 Å². The van der Waals surface area contributed by atoms with E-state index in [1.807, 2.05) is 54.6 Å². The summed E-state index contributed by atoms with van der Waals surface area (Å²) < 4.78 is 6.40. The number of piperidine rings is 1. The summed E-state index contributed by atoms with van der Waals surface area (Å²) in [5.74, 6) is 0.785. The number of carbonyl (C=O) groups is 2. The van der Waals surface area contributed by atoms with Gasteiger partial charge in [-0.05, 0) is 36.1 Å². The number of benzene rings is 2. The van der Waals surface area contributed by atoms with Crippen LogP contribution < -0.4 is 32.2 Å². The summed E-state index contributed by atoms with van der Waals surface area (Å²) >= 11 is 2.10. The monoisotopic (exact) mass is 669 g/mol. The number of urea groups is 1. The molecule has 3 aromatic rings. The van der Waals surface area contributed by atoms with Crippen LogP contribution in [0.25, 0.3) is 0 Å². The number of guanidine groups is 1. The fraction of sp³-hybridized carbons (Fsp3) is 0.321. The summed E-state index contributed by atoms with van der Waals surface area (Å²) in [4.78, 5) is 40.3. The van der Waals surface area contributed by atoms with Gasteiger partial charge in [-0.2, -0.15) is 0 Å². The third-order valence-corrected chi connectivity index (χ3v) is 7.84. The lowest BCUT2D eigenvalue weighted by molar-refractivity contribution is 0.0971. The Morgan fingerprint density at radius 2 is 1.78 bits per heavy atom. The first-order valence-corrected chi connectivity index (χ1v) is 14.8. The average Bonchev–Trinajstić information content (AvgIpc) is 3.37. The highest BCUT2D eigenvalue weighted by atomic mass is 127. The summed E-state index contributed by atoms with van der Waals surface area (Å²) in [5, 5.41) is 9.10. The van der Waals surface area contributed by atoms with Crippen LogP contribution in [0.1, 0.15) is 40.2 Å².